The average molecular weight is 469 g/mol. The van der Waals surface area contributed by atoms with Crippen LogP contribution in [0.2, 0.25) is 5.02 Å². The second kappa shape index (κ2) is 11.7. The van der Waals surface area contributed by atoms with Crippen molar-refractivity contribution in [1.29, 1.82) is 0 Å². The molecule has 1 amide bonds. The third-order valence-corrected chi connectivity index (χ3v) is 4.70. The normalized spacial score (nSPS) is 10.6. The van der Waals surface area contributed by atoms with Gasteiger partial charge in [-0.3, -0.25) is 4.79 Å². The summed E-state index contributed by atoms with van der Waals surface area (Å²) < 4.78 is 30.3. The molecule has 0 aromatic heterocycles. The number of carbonyl (C=O) groups excluding carboxylic acids is 1. The minimum Gasteiger partial charge on any atom is -0.493 e. The van der Waals surface area contributed by atoms with Crippen LogP contribution in [0.4, 0.5) is 4.39 Å². The number of nitrogens with one attached hydrogen (secondary N) is 1. The lowest BCUT2D eigenvalue weighted by Gasteiger charge is -2.11. The number of halogens is 2. The fourth-order valence-corrected chi connectivity index (χ4v) is 3.00. The summed E-state index contributed by atoms with van der Waals surface area (Å²) in [5.74, 6) is 0.534. The van der Waals surface area contributed by atoms with Crippen LogP contribution < -0.4 is 19.6 Å². The van der Waals surface area contributed by atoms with Crippen molar-refractivity contribution in [3.8, 4) is 17.2 Å². The molecule has 0 bridgehead atoms. The molecule has 0 aliphatic carbocycles. The number of amides is 1. The Hall–Kier alpha value is -3.84. The fourth-order valence-electron chi connectivity index (χ4n) is 2.82. The molecule has 0 unspecified atom stereocenters. The van der Waals surface area contributed by atoms with Crippen molar-refractivity contribution in [3.05, 3.63) is 101 Å². The van der Waals surface area contributed by atoms with Crippen molar-refractivity contribution < 1.29 is 23.4 Å². The molecule has 0 saturated heterocycles. The number of hydrogen-bond acceptors (Lipinski definition) is 5. The molecule has 33 heavy (non-hydrogen) atoms. The molecule has 0 aliphatic heterocycles. The van der Waals surface area contributed by atoms with E-state index in [1.807, 2.05) is 0 Å². The molecular formula is C25H22ClFN2O4. The van der Waals surface area contributed by atoms with Gasteiger partial charge in [-0.1, -0.05) is 42.5 Å². The molecule has 3 aromatic carbocycles. The van der Waals surface area contributed by atoms with Gasteiger partial charge in [0.05, 0.1) is 13.3 Å². The van der Waals surface area contributed by atoms with Crippen LogP contribution in [0.15, 0.2) is 78.4 Å². The summed E-state index contributed by atoms with van der Waals surface area (Å²) >= 11 is 6.08. The van der Waals surface area contributed by atoms with Gasteiger partial charge in [-0.25, -0.2) is 9.82 Å². The van der Waals surface area contributed by atoms with E-state index in [0.29, 0.717) is 45.6 Å². The number of methoxy groups -OCH3 is 1. The van der Waals surface area contributed by atoms with Crippen LogP contribution in [-0.4, -0.2) is 25.8 Å². The number of nitrogens with zero attached hydrogens (tertiary/aromatic N) is 1. The summed E-state index contributed by atoms with van der Waals surface area (Å²) in [4.78, 5) is 12.5. The first-order valence-corrected chi connectivity index (χ1v) is 10.3. The van der Waals surface area contributed by atoms with Crippen LogP contribution >= 0.6 is 11.6 Å². The van der Waals surface area contributed by atoms with Gasteiger partial charge in [0.1, 0.15) is 24.8 Å². The van der Waals surface area contributed by atoms with E-state index in [-0.39, 0.29) is 12.4 Å². The zero-order valence-electron chi connectivity index (χ0n) is 17.9. The lowest BCUT2D eigenvalue weighted by molar-refractivity contribution is 0.0954. The number of benzene rings is 3. The van der Waals surface area contributed by atoms with Gasteiger partial charge in [-0.15, -0.1) is 0 Å². The summed E-state index contributed by atoms with van der Waals surface area (Å²) in [6, 6.07) is 16.0. The van der Waals surface area contributed by atoms with Crippen LogP contribution in [0, 0.1) is 5.82 Å². The highest BCUT2D eigenvalue weighted by Crippen LogP contribution is 2.28. The molecule has 3 rings (SSSR count). The summed E-state index contributed by atoms with van der Waals surface area (Å²) in [5.41, 5.74) is 3.71. The Kier molecular flexibility index (Phi) is 8.43. The Bertz CT molecular complexity index is 1170. The third kappa shape index (κ3) is 6.57. The molecule has 0 spiro atoms. The fraction of sp³-hybridized carbons (Fsp3) is 0.120. The lowest BCUT2D eigenvalue weighted by Crippen LogP contribution is -2.17. The number of rotatable bonds is 10. The van der Waals surface area contributed by atoms with Crippen LogP contribution in [0.25, 0.3) is 0 Å². The van der Waals surface area contributed by atoms with E-state index in [2.05, 4.69) is 17.1 Å². The first kappa shape index (κ1) is 23.8. The maximum atomic E-state index is 13.9. The maximum Gasteiger partial charge on any atom is 0.271 e. The van der Waals surface area contributed by atoms with E-state index in [9.17, 15) is 9.18 Å². The van der Waals surface area contributed by atoms with Crippen molar-refractivity contribution in [2.24, 2.45) is 5.10 Å². The molecule has 0 radical (unpaired) electrons. The van der Waals surface area contributed by atoms with Gasteiger partial charge >= 0.3 is 0 Å². The van der Waals surface area contributed by atoms with E-state index in [0.717, 1.165) is 0 Å². The molecule has 170 valence electrons. The van der Waals surface area contributed by atoms with E-state index in [1.54, 1.807) is 60.7 Å². The number of ether oxygens (including phenoxy) is 3. The topological polar surface area (TPSA) is 69.2 Å². The largest absolute Gasteiger partial charge is 0.493 e. The molecule has 6 nitrogen and oxygen atoms in total. The Morgan fingerprint density at radius 3 is 2.64 bits per heavy atom. The van der Waals surface area contributed by atoms with Gasteiger partial charge in [0.25, 0.3) is 5.91 Å². The van der Waals surface area contributed by atoms with Gasteiger partial charge in [-0.05, 0) is 42.5 Å². The van der Waals surface area contributed by atoms with E-state index < -0.39 is 5.91 Å². The summed E-state index contributed by atoms with van der Waals surface area (Å²) in [7, 11) is 1.48. The van der Waals surface area contributed by atoms with Crippen molar-refractivity contribution in [2.75, 3.05) is 13.7 Å². The van der Waals surface area contributed by atoms with Gasteiger partial charge in [-0.2, -0.15) is 5.10 Å². The molecule has 3 aromatic rings. The van der Waals surface area contributed by atoms with E-state index in [1.165, 1.54) is 19.4 Å². The average Bonchev–Trinajstić information content (AvgIpc) is 2.83. The SMILES string of the molecule is C=CCOc1ccc(C(=O)N/N=C/c2cc(Cl)ccc2OCc2ccccc2F)cc1OC. The third-order valence-electron chi connectivity index (χ3n) is 4.47. The predicted molar refractivity (Wildman–Crippen MR) is 126 cm³/mol. The van der Waals surface area contributed by atoms with Crippen molar-refractivity contribution in [3.63, 3.8) is 0 Å². The maximum absolute atomic E-state index is 13.9. The molecule has 0 atom stereocenters. The monoisotopic (exact) mass is 468 g/mol. The summed E-state index contributed by atoms with van der Waals surface area (Å²) in [6.07, 6.45) is 3.01. The Morgan fingerprint density at radius 1 is 1.09 bits per heavy atom. The second-order valence-corrected chi connectivity index (χ2v) is 7.16. The smallest absolute Gasteiger partial charge is 0.271 e. The molecule has 0 fully saturated rings. The lowest BCUT2D eigenvalue weighted by atomic mass is 10.2. The van der Waals surface area contributed by atoms with E-state index in [4.69, 9.17) is 25.8 Å². The molecular weight excluding hydrogens is 447 g/mol. The van der Waals surface area contributed by atoms with E-state index >= 15 is 0 Å². The van der Waals surface area contributed by atoms with Crippen LogP contribution in [0.1, 0.15) is 21.5 Å². The minimum atomic E-state index is -0.448. The highest BCUT2D eigenvalue weighted by molar-refractivity contribution is 6.30. The van der Waals surface area contributed by atoms with Crippen molar-refractivity contribution in [2.45, 2.75) is 6.61 Å². The molecule has 1 N–H and O–H groups in total. The highest BCUT2D eigenvalue weighted by Gasteiger charge is 2.11. The van der Waals surface area contributed by atoms with Crippen molar-refractivity contribution >= 4 is 23.7 Å². The summed E-state index contributed by atoms with van der Waals surface area (Å²) in [5, 5.41) is 4.46. The van der Waals surface area contributed by atoms with Gasteiger partial charge in [0.15, 0.2) is 11.5 Å². The quantitative estimate of drug-likeness (QED) is 0.246. The zero-order valence-corrected chi connectivity index (χ0v) is 18.6. The number of carbonyl (C=O) groups is 1. The Balaban J connectivity index is 1.69. The first-order valence-electron chi connectivity index (χ1n) is 9.92. The van der Waals surface area contributed by atoms with Gasteiger partial charge in [0.2, 0.25) is 0 Å². The van der Waals surface area contributed by atoms with Crippen molar-refractivity contribution in [1.82, 2.24) is 5.43 Å². The number of hydrogen-bond donors (Lipinski definition) is 1. The zero-order chi connectivity index (χ0) is 23.6. The molecule has 0 aliphatic rings. The molecule has 8 heteroatoms. The Labute approximate surface area is 196 Å². The van der Waals surface area contributed by atoms with Crippen LogP contribution in [0.5, 0.6) is 17.2 Å². The Morgan fingerprint density at radius 2 is 1.88 bits per heavy atom. The van der Waals surface area contributed by atoms with Crippen LogP contribution in [0.3, 0.4) is 0 Å². The molecule has 0 heterocycles. The summed E-state index contributed by atoms with van der Waals surface area (Å²) in [6.45, 7) is 3.94. The van der Waals surface area contributed by atoms with Crippen LogP contribution in [-0.2, 0) is 6.61 Å². The molecule has 0 saturated carbocycles. The van der Waals surface area contributed by atoms with Gasteiger partial charge < -0.3 is 14.2 Å². The minimum absolute atomic E-state index is 0.0293. The number of hydrazone groups is 1. The second-order valence-electron chi connectivity index (χ2n) is 6.73. The predicted octanol–water partition coefficient (Wildman–Crippen LogP) is 5.40. The first-order chi connectivity index (χ1) is 16.0. The highest BCUT2D eigenvalue weighted by atomic mass is 35.5. The standard InChI is InChI=1S/C25H22ClFN2O4/c1-3-12-32-23-10-8-17(14-24(23)31-2)25(30)29-28-15-19-13-20(26)9-11-22(19)33-16-18-6-4-5-7-21(18)27/h3-11,13-15H,1,12,16H2,2H3,(H,29,30)/b28-15+. The van der Waals surface area contributed by atoms with Gasteiger partial charge in [0, 0.05) is 21.7 Å².